The van der Waals surface area contributed by atoms with Gasteiger partial charge in [0.2, 0.25) is 0 Å². The predicted molar refractivity (Wildman–Crippen MR) is 139 cm³/mol. The van der Waals surface area contributed by atoms with Crippen LogP contribution in [-0.2, 0) is 0 Å². The number of aliphatic hydroxyl groups is 1. The molecule has 1 saturated heterocycles. The Morgan fingerprint density at radius 2 is 1.82 bits per heavy atom. The van der Waals surface area contributed by atoms with Gasteiger partial charge in [0, 0.05) is 47.5 Å². The molecule has 4 nitrogen and oxygen atoms in total. The molecule has 1 aromatic heterocycles. The van der Waals surface area contributed by atoms with Gasteiger partial charge in [0.1, 0.15) is 18.1 Å². The summed E-state index contributed by atoms with van der Waals surface area (Å²) in [6, 6.07) is 17.5. The monoisotopic (exact) mass is 472 g/mol. The number of likely N-dealkylation sites (tertiary alicyclic amines) is 1. The molecule has 5 heteroatoms. The van der Waals surface area contributed by atoms with E-state index >= 15 is 0 Å². The fourth-order valence-electron chi connectivity index (χ4n) is 3.88. The normalized spacial score (nSPS) is 15.3. The van der Waals surface area contributed by atoms with Gasteiger partial charge in [-0.3, -0.25) is 4.90 Å². The standard InChI is InChI=1S/C29H29ClN2O2/c1-3-23-20-22(5-13-28(23)34-19-18-32-16-14-29(2,33)15-17-32)4-11-27-12-8-25(21-31-27)24-6-9-26(30)10-7-24/h3,5-10,12-13,20-21,33H,1,14-19H2,2H3. The Kier molecular flexibility index (Phi) is 7.70. The van der Waals surface area contributed by atoms with Gasteiger partial charge < -0.3 is 9.84 Å². The van der Waals surface area contributed by atoms with Crippen LogP contribution in [0.15, 0.2) is 67.4 Å². The number of hydrogen-bond acceptors (Lipinski definition) is 4. The lowest BCUT2D eigenvalue weighted by atomic mass is 9.94. The van der Waals surface area contributed by atoms with E-state index in [0.29, 0.717) is 17.3 Å². The average Bonchev–Trinajstić information content (AvgIpc) is 2.85. The maximum absolute atomic E-state index is 10.1. The molecule has 1 aliphatic heterocycles. The van der Waals surface area contributed by atoms with Crippen molar-refractivity contribution < 1.29 is 9.84 Å². The van der Waals surface area contributed by atoms with Crippen molar-refractivity contribution in [2.45, 2.75) is 25.4 Å². The Bertz CT molecular complexity index is 1180. The van der Waals surface area contributed by atoms with Gasteiger partial charge in [-0.25, -0.2) is 4.98 Å². The molecule has 0 amide bonds. The predicted octanol–water partition coefficient (Wildman–Crippen LogP) is 5.67. The first-order chi connectivity index (χ1) is 16.4. The van der Waals surface area contributed by atoms with Crippen molar-refractivity contribution >= 4 is 17.7 Å². The molecular weight excluding hydrogens is 444 g/mol. The van der Waals surface area contributed by atoms with E-state index in [0.717, 1.165) is 60.5 Å². The van der Waals surface area contributed by atoms with Crippen molar-refractivity contribution in [2.24, 2.45) is 0 Å². The van der Waals surface area contributed by atoms with Crippen LogP contribution in [-0.4, -0.2) is 46.8 Å². The maximum atomic E-state index is 10.1. The largest absolute Gasteiger partial charge is 0.492 e. The minimum atomic E-state index is -0.529. The molecule has 34 heavy (non-hydrogen) atoms. The molecule has 3 aromatic rings. The third-order valence-corrected chi connectivity index (χ3v) is 6.36. The summed E-state index contributed by atoms with van der Waals surface area (Å²) in [6.45, 7) is 9.06. The summed E-state index contributed by atoms with van der Waals surface area (Å²) < 4.78 is 6.02. The van der Waals surface area contributed by atoms with E-state index in [9.17, 15) is 5.11 Å². The molecule has 0 radical (unpaired) electrons. The highest BCUT2D eigenvalue weighted by atomic mass is 35.5. The molecule has 0 saturated carbocycles. The topological polar surface area (TPSA) is 45.6 Å². The zero-order valence-electron chi connectivity index (χ0n) is 19.4. The summed E-state index contributed by atoms with van der Waals surface area (Å²) in [6.07, 6.45) is 5.22. The minimum Gasteiger partial charge on any atom is -0.492 e. The lowest BCUT2D eigenvalue weighted by Gasteiger charge is -2.35. The van der Waals surface area contributed by atoms with Crippen molar-refractivity contribution in [3.63, 3.8) is 0 Å². The van der Waals surface area contributed by atoms with E-state index < -0.39 is 5.60 Å². The molecule has 0 atom stereocenters. The first-order valence-electron chi connectivity index (χ1n) is 11.5. The number of hydrogen-bond donors (Lipinski definition) is 1. The second-order valence-electron chi connectivity index (χ2n) is 8.83. The highest BCUT2D eigenvalue weighted by molar-refractivity contribution is 6.30. The molecule has 0 bridgehead atoms. The second-order valence-corrected chi connectivity index (χ2v) is 9.27. The van der Waals surface area contributed by atoms with Crippen LogP contribution < -0.4 is 4.74 Å². The lowest BCUT2D eigenvalue weighted by Crippen LogP contribution is -2.43. The number of benzene rings is 2. The van der Waals surface area contributed by atoms with Crippen LogP contribution in [0, 0.1) is 11.8 Å². The third kappa shape index (κ3) is 6.48. The summed E-state index contributed by atoms with van der Waals surface area (Å²) in [4.78, 5) is 6.80. The van der Waals surface area contributed by atoms with Gasteiger partial charge in [-0.2, -0.15) is 0 Å². The first-order valence-corrected chi connectivity index (χ1v) is 11.9. The van der Waals surface area contributed by atoms with Crippen molar-refractivity contribution in [3.8, 4) is 28.7 Å². The average molecular weight is 473 g/mol. The maximum Gasteiger partial charge on any atom is 0.126 e. The number of piperidine rings is 1. The molecular formula is C29H29ClN2O2. The second kappa shape index (κ2) is 10.9. The minimum absolute atomic E-state index is 0.529. The van der Waals surface area contributed by atoms with Gasteiger partial charge in [-0.05, 0) is 67.6 Å². The van der Waals surface area contributed by atoms with Crippen LogP contribution >= 0.6 is 11.6 Å². The van der Waals surface area contributed by atoms with Gasteiger partial charge in [0.15, 0.2) is 0 Å². The van der Waals surface area contributed by atoms with Gasteiger partial charge in [-0.15, -0.1) is 0 Å². The molecule has 0 spiro atoms. The SMILES string of the molecule is C=Cc1cc(C#Cc2ccc(-c3ccc(Cl)cc3)cn2)ccc1OCCN1CCC(C)(O)CC1. The molecule has 1 aliphatic rings. The van der Waals surface area contributed by atoms with Crippen molar-refractivity contribution in [2.75, 3.05) is 26.2 Å². The summed E-state index contributed by atoms with van der Waals surface area (Å²) in [5, 5.41) is 10.8. The Labute approximate surface area is 206 Å². The third-order valence-electron chi connectivity index (χ3n) is 6.10. The number of pyridine rings is 1. The van der Waals surface area contributed by atoms with Crippen molar-refractivity contribution in [3.05, 3.63) is 89.2 Å². The summed E-state index contributed by atoms with van der Waals surface area (Å²) in [5.74, 6) is 7.11. The van der Waals surface area contributed by atoms with Gasteiger partial charge in [0.25, 0.3) is 0 Å². The zero-order chi connectivity index (χ0) is 24.0. The molecule has 1 fully saturated rings. The van der Waals surface area contributed by atoms with E-state index in [2.05, 4.69) is 28.3 Å². The number of nitrogens with zero attached hydrogens (tertiary/aromatic N) is 2. The summed E-state index contributed by atoms with van der Waals surface area (Å²) >= 11 is 5.96. The molecule has 2 heterocycles. The highest BCUT2D eigenvalue weighted by Gasteiger charge is 2.26. The van der Waals surface area contributed by atoms with Gasteiger partial charge in [-0.1, -0.05) is 48.4 Å². The number of ether oxygens (including phenoxy) is 1. The Morgan fingerprint density at radius 3 is 2.50 bits per heavy atom. The van der Waals surface area contributed by atoms with Gasteiger partial charge >= 0.3 is 0 Å². The first kappa shape index (κ1) is 24.0. The van der Waals surface area contributed by atoms with Crippen LogP contribution in [0.4, 0.5) is 0 Å². The lowest BCUT2D eigenvalue weighted by molar-refractivity contribution is -0.00768. The molecule has 1 N–H and O–H groups in total. The fraction of sp³-hybridized carbons (Fsp3) is 0.276. The van der Waals surface area contributed by atoms with E-state index in [4.69, 9.17) is 16.3 Å². The molecule has 2 aromatic carbocycles. The van der Waals surface area contributed by atoms with E-state index in [-0.39, 0.29) is 0 Å². The van der Waals surface area contributed by atoms with Crippen LogP contribution in [0.1, 0.15) is 36.6 Å². The number of aromatic nitrogens is 1. The van der Waals surface area contributed by atoms with Crippen LogP contribution in [0.2, 0.25) is 5.02 Å². The quantitative estimate of drug-likeness (QED) is 0.469. The van der Waals surface area contributed by atoms with Crippen molar-refractivity contribution in [1.82, 2.24) is 9.88 Å². The zero-order valence-corrected chi connectivity index (χ0v) is 20.2. The summed E-state index contributed by atoms with van der Waals surface area (Å²) in [5.41, 5.74) is 4.06. The van der Waals surface area contributed by atoms with Crippen LogP contribution in [0.5, 0.6) is 5.75 Å². The van der Waals surface area contributed by atoms with E-state index in [1.807, 2.05) is 67.7 Å². The Balaban J connectivity index is 1.35. The van der Waals surface area contributed by atoms with Gasteiger partial charge in [0.05, 0.1) is 5.60 Å². The van der Waals surface area contributed by atoms with Crippen LogP contribution in [0.25, 0.3) is 17.2 Å². The highest BCUT2D eigenvalue weighted by Crippen LogP contribution is 2.24. The van der Waals surface area contributed by atoms with E-state index in [1.54, 1.807) is 6.08 Å². The molecule has 4 rings (SSSR count). The van der Waals surface area contributed by atoms with E-state index in [1.165, 1.54) is 0 Å². The summed E-state index contributed by atoms with van der Waals surface area (Å²) in [7, 11) is 0. The Morgan fingerprint density at radius 1 is 1.09 bits per heavy atom. The Hall–Kier alpha value is -3.10. The van der Waals surface area contributed by atoms with Crippen LogP contribution in [0.3, 0.4) is 0 Å². The van der Waals surface area contributed by atoms with Crippen molar-refractivity contribution in [1.29, 1.82) is 0 Å². The molecule has 174 valence electrons. The fourth-order valence-corrected chi connectivity index (χ4v) is 4.00. The molecule has 0 aliphatic carbocycles. The smallest absolute Gasteiger partial charge is 0.126 e. The molecule has 0 unspecified atom stereocenters. The number of halogens is 1. The number of rotatable bonds is 6.